The van der Waals surface area contributed by atoms with Crippen molar-refractivity contribution in [2.24, 2.45) is 5.92 Å². The summed E-state index contributed by atoms with van der Waals surface area (Å²) in [5, 5.41) is 13.9. The Labute approximate surface area is 253 Å². The van der Waals surface area contributed by atoms with Crippen molar-refractivity contribution in [1.82, 2.24) is 14.7 Å². The Bertz CT molecular complexity index is 1150. The number of sulfonamides is 1. The number of rotatable bonds is 14. The lowest BCUT2D eigenvalue weighted by Gasteiger charge is -2.30. The van der Waals surface area contributed by atoms with Crippen LogP contribution in [0.5, 0.6) is 5.75 Å². The van der Waals surface area contributed by atoms with Gasteiger partial charge >= 0.3 is 6.09 Å². The van der Waals surface area contributed by atoms with Crippen molar-refractivity contribution < 1.29 is 46.8 Å². The number of amides is 1. The first-order chi connectivity index (χ1) is 20.8. The van der Waals surface area contributed by atoms with Gasteiger partial charge in [0.05, 0.1) is 62.0 Å². The third-order valence-corrected chi connectivity index (χ3v) is 10.1. The molecule has 242 valence electrons. The van der Waals surface area contributed by atoms with E-state index in [0.29, 0.717) is 45.1 Å². The second kappa shape index (κ2) is 15.3. The van der Waals surface area contributed by atoms with Gasteiger partial charge in [0.15, 0.2) is 6.29 Å². The van der Waals surface area contributed by atoms with Gasteiger partial charge in [0.25, 0.3) is 10.0 Å². The highest BCUT2D eigenvalue weighted by Crippen LogP contribution is 2.33. The van der Waals surface area contributed by atoms with Gasteiger partial charge in [0.1, 0.15) is 18.5 Å². The number of morpholine rings is 1. The molecule has 1 unspecified atom stereocenters. The zero-order valence-corrected chi connectivity index (χ0v) is 25.6. The number of fused-ring (bicyclic) bond motifs is 1. The van der Waals surface area contributed by atoms with E-state index in [-0.39, 0.29) is 36.4 Å². The number of carbonyl (C=O) groups is 1. The zero-order chi connectivity index (χ0) is 30.2. The minimum atomic E-state index is -4.18. The lowest BCUT2D eigenvalue weighted by molar-refractivity contribution is -0.145. The third kappa shape index (κ3) is 8.57. The monoisotopic (exact) mass is 627 g/mol. The van der Waals surface area contributed by atoms with Crippen molar-refractivity contribution in [2.75, 3.05) is 59.2 Å². The first kappa shape index (κ1) is 32.4. The van der Waals surface area contributed by atoms with Crippen molar-refractivity contribution in [3.63, 3.8) is 0 Å². The molecule has 1 aromatic rings. The molecule has 0 spiro atoms. The van der Waals surface area contributed by atoms with Crippen LogP contribution in [0.1, 0.15) is 45.4 Å². The summed E-state index contributed by atoms with van der Waals surface area (Å²) in [6.07, 6.45) is 1.39. The largest absolute Gasteiger partial charge is 0.492 e. The number of nitrogens with one attached hydrogen (secondary N) is 1. The molecule has 3 heterocycles. The highest BCUT2D eigenvalue weighted by Gasteiger charge is 2.44. The van der Waals surface area contributed by atoms with Gasteiger partial charge in [-0.15, -0.1) is 0 Å². The molecule has 0 aromatic heterocycles. The van der Waals surface area contributed by atoms with Crippen LogP contribution in [0, 0.1) is 5.92 Å². The van der Waals surface area contributed by atoms with Gasteiger partial charge in [-0.3, -0.25) is 9.74 Å². The molecule has 13 nitrogen and oxygen atoms in total. The minimum Gasteiger partial charge on any atom is -0.492 e. The van der Waals surface area contributed by atoms with E-state index in [9.17, 15) is 18.3 Å². The zero-order valence-electron chi connectivity index (χ0n) is 24.8. The molecule has 1 amide bonds. The summed E-state index contributed by atoms with van der Waals surface area (Å²) in [4.78, 5) is 21.0. The molecule has 0 bridgehead atoms. The number of hydrogen-bond acceptors (Lipinski definition) is 11. The molecule has 3 aliphatic heterocycles. The summed E-state index contributed by atoms with van der Waals surface area (Å²) in [6.45, 7) is 6.41. The smallest absolute Gasteiger partial charge is 0.407 e. The van der Waals surface area contributed by atoms with E-state index in [4.69, 9.17) is 28.5 Å². The van der Waals surface area contributed by atoms with Crippen LogP contribution in [-0.4, -0.2) is 119 Å². The molecule has 4 fully saturated rings. The standard InChI is InChI=1S/C29H45N3O10S/c1-2-25(30-29(34)41-27-20-40-28-24(27)10-14-39-28)26(33)19-32(42-21-6-3-4-7-21)43(35,36)23-9-5-8-22(18-23)38-17-13-31-11-15-37-16-12-31/h5,8-9,18,21,24-28,33H,2-4,6-7,10-17,19-20H2,1H3,(H,30,34)/t24-,25?,26+,27-,28+/m0/s1. The number of carbonyl (C=O) groups excluding carboxylic acids is 1. The predicted octanol–water partition coefficient (Wildman–Crippen LogP) is 1.89. The average molecular weight is 628 g/mol. The number of hydrogen-bond donors (Lipinski definition) is 2. The lowest BCUT2D eigenvalue weighted by atomic mass is 10.0. The Balaban J connectivity index is 1.22. The van der Waals surface area contributed by atoms with Crippen LogP contribution in [0.3, 0.4) is 0 Å². The van der Waals surface area contributed by atoms with Crippen LogP contribution in [0.15, 0.2) is 29.2 Å². The fraction of sp³-hybridized carbons (Fsp3) is 0.759. The van der Waals surface area contributed by atoms with E-state index in [2.05, 4.69) is 10.2 Å². The maximum atomic E-state index is 13.9. The Morgan fingerprint density at radius 2 is 1.95 bits per heavy atom. The van der Waals surface area contributed by atoms with E-state index in [0.717, 1.165) is 49.7 Å². The molecule has 2 N–H and O–H groups in total. The maximum absolute atomic E-state index is 13.9. The number of nitrogens with zero attached hydrogens (tertiary/aromatic N) is 2. The number of aliphatic hydroxyl groups is 1. The van der Waals surface area contributed by atoms with Crippen LogP contribution in [-0.2, 0) is 33.8 Å². The predicted molar refractivity (Wildman–Crippen MR) is 154 cm³/mol. The molecule has 14 heteroatoms. The second-order valence-corrected chi connectivity index (χ2v) is 13.3. The number of ether oxygens (including phenoxy) is 5. The molecular weight excluding hydrogens is 582 g/mol. The minimum absolute atomic E-state index is 0.00319. The first-order valence-corrected chi connectivity index (χ1v) is 16.9. The summed E-state index contributed by atoms with van der Waals surface area (Å²) < 4.78 is 56.5. The average Bonchev–Trinajstić information content (AvgIpc) is 3.77. The topological polar surface area (TPSA) is 145 Å². The van der Waals surface area contributed by atoms with Gasteiger partial charge in [-0.25, -0.2) is 13.2 Å². The van der Waals surface area contributed by atoms with Crippen LogP contribution < -0.4 is 10.1 Å². The van der Waals surface area contributed by atoms with Crippen LogP contribution >= 0.6 is 0 Å². The summed E-state index contributed by atoms with van der Waals surface area (Å²) in [6, 6.07) is 5.53. The first-order valence-electron chi connectivity index (χ1n) is 15.4. The molecule has 3 saturated heterocycles. The molecule has 4 aliphatic rings. The molecule has 0 radical (unpaired) electrons. The summed E-state index contributed by atoms with van der Waals surface area (Å²) in [7, 11) is -4.18. The number of alkyl carbamates (subject to hydrolysis) is 1. The van der Waals surface area contributed by atoms with Crippen LogP contribution in [0.4, 0.5) is 4.79 Å². The number of hydroxylamine groups is 1. The summed E-state index contributed by atoms with van der Waals surface area (Å²) >= 11 is 0. The van der Waals surface area contributed by atoms with E-state index in [1.165, 1.54) is 12.1 Å². The maximum Gasteiger partial charge on any atom is 0.407 e. The fourth-order valence-electron chi connectivity index (χ4n) is 5.94. The van der Waals surface area contributed by atoms with Crippen molar-refractivity contribution in [3.05, 3.63) is 24.3 Å². The van der Waals surface area contributed by atoms with E-state index >= 15 is 0 Å². The van der Waals surface area contributed by atoms with Crippen molar-refractivity contribution in [1.29, 1.82) is 0 Å². The van der Waals surface area contributed by atoms with Gasteiger partial charge in [-0.2, -0.15) is 0 Å². The van der Waals surface area contributed by atoms with Gasteiger partial charge in [-0.05, 0) is 37.8 Å². The highest BCUT2D eigenvalue weighted by atomic mass is 32.2. The summed E-state index contributed by atoms with van der Waals surface area (Å²) in [5.41, 5.74) is 0. The van der Waals surface area contributed by atoms with Crippen LogP contribution in [0.25, 0.3) is 0 Å². The van der Waals surface area contributed by atoms with E-state index in [1.54, 1.807) is 19.1 Å². The Hall–Kier alpha value is -2.04. The van der Waals surface area contributed by atoms with Crippen LogP contribution in [0.2, 0.25) is 0 Å². The molecule has 1 aliphatic carbocycles. The van der Waals surface area contributed by atoms with Crippen molar-refractivity contribution >= 4 is 16.1 Å². The molecule has 5 atom stereocenters. The van der Waals surface area contributed by atoms with Gasteiger partial charge in [-0.1, -0.05) is 30.3 Å². The molecule has 5 rings (SSSR count). The molecule has 1 saturated carbocycles. The van der Waals surface area contributed by atoms with Crippen molar-refractivity contribution in [3.8, 4) is 5.75 Å². The Morgan fingerprint density at radius 3 is 2.72 bits per heavy atom. The molecule has 43 heavy (non-hydrogen) atoms. The quantitative estimate of drug-likeness (QED) is 0.292. The fourth-order valence-corrected chi connectivity index (χ4v) is 7.27. The van der Waals surface area contributed by atoms with Gasteiger partial charge < -0.3 is 34.1 Å². The highest BCUT2D eigenvalue weighted by molar-refractivity contribution is 7.89. The van der Waals surface area contributed by atoms with Gasteiger partial charge in [0, 0.05) is 25.7 Å². The van der Waals surface area contributed by atoms with E-state index in [1.807, 2.05) is 0 Å². The normalized spacial score (nSPS) is 26.3. The Morgan fingerprint density at radius 1 is 1.16 bits per heavy atom. The number of benzene rings is 1. The van der Waals surface area contributed by atoms with E-state index < -0.39 is 34.4 Å². The SMILES string of the molecule is CCC(NC(=O)O[C@H]1CO[C@H]2OCC[C@H]21)[C@H](O)CN(OC1CCCC1)S(=O)(=O)c1cccc(OCCN2CCOCC2)c1. The Kier molecular flexibility index (Phi) is 11.5. The third-order valence-electron chi connectivity index (χ3n) is 8.51. The number of aliphatic hydroxyl groups excluding tert-OH is 1. The second-order valence-electron chi connectivity index (χ2n) is 11.5. The summed E-state index contributed by atoms with van der Waals surface area (Å²) in [5.74, 6) is 0.410. The molecular formula is C29H45N3O10S. The molecule has 1 aromatic carbocycles. The lowest BCUT2D eigenvalue weighted by Crippen LogP contribution is -2.50. The van der Waals surface area contributed by atoms with Crippen molar-refractivity contribution in [2.45, 2.75) is 81.0 Å². The van der Waals surface area contributed by atoms with Gasteiger partial charge in [0.2, 0.25) is 0 Å².